The minimum absolute atomic E-state index is 0.137. The average molecular weight is 555 g/mol. The van der Waals surface area contributed by atoms with Crippen molar-refractivity contribution < 1.29 is 13.2 Å². The van der Waals surface area contributed by atoms with E-state index in [0.717, 1.165) is 18.5 Å². The van der Waals surface area contributed by atoms with Crippen LogP contribution in [0.1, 0.15) is 39.2 Å². The maximum absolute atomic E-state index is 13.5. The number of amides is 1. The molecule has 3 aromatic rings. The summed E-state index contributed by atoms with van der Waals surface area (Å²) in [5.74, 6) is -0.137. The molecule has 1 amide bonds. The molecule has 0 N–H and O–H groups in total. The maximum atomic E-state index is 13.5. The van der Waals surface area contributed by atoms with Crippen molar-refractivity contribution in [2.24, 2.45) is 0 Å². The van der Waals surface area contributed by atoms with E-state index in [1.54, 1.807) is 33.9 Å². The summed E-state index contributed by atoms with van der Waals surface area (Å²) in [5, 5.41) is 4.81. The zero-order valence-electron chi connectivity index (χ0n) is 21.1. The predicted octanol–water partition coefficient (Wildman–Crippen LogP) is 5.57. The fraction of sp³-hybridized carbons (Fsp3) is 0.296. The molecule has 1 aromatic heterocycles. The molecule has 0 spiro atoms. The third kappa shape index (κ3) is 5.72. The molecule has 7 nitrogen and oxygen atoms in total. The Morgan fingerprint density at radius 3 is 2.35 bits per heavy atom. The largest absolute Gasteiger partial charge is 0.293 e. The molecule has 10 heteroatoms. The van der Waals surface area contributed by atoms with E-state index in [4.69, 9.17) is 17.3 Å². The summed E-state index contributed by atoms with van der Waals surface area (Å²) in [5.41, 5.74) is 2.79. The molecule has 1 saturated heterocycles. The zero-order valence-corrected chi connectivity index (χ0v) is 23.6. The molecule has 2 heterocycles. The highest BCUT2D eigenvalue weighted by atomic mass is 32.2. The Morgan fingerprint density at radius 2 is 1.73 bits per heavy atom. The maximum Gasteiger partial charge on any atom is 0.266 e. The summed E-state index contributed by atoms with van der Waals surface area (Å²) in [6.07, 6.45) is 5.12. The number of benzene rings is 2. The number of thiocarbonyl (C=S) groups is 1. The van der Waals surface area contributed by atoms with Gasteiger partial charge in [-0.15, -0.1) is 0 Å². The number of carbonyl (C=O) groups excluding carboxylic acids is 1. The number of rotatable bonds is 10. The van der Waals surface area contributed by atoms with Crippen molar-refractivity contribution >= 4 is 50.3 Å². The molecule has 4 rings (SSSR count). The molecule has 0 atom stereocenters. The van der Waals surface area contributed by atoms with Crippen LogP contribution in [0.4, 0.5) is 0 Å². The molecule has 0 bridgehead atoms. The monoisotopic (exact) mass is 554 g/mol. The molecule has 1 aliphatic rings. The molecule has 0 unspecified atom stereocenters. The number of hydrogen-bond acceptors (Lipinski definition) is 6. The van der Waals surface area contributed by atoms with Crippen molar-refractivity contribution in [3.8, 4) is 16.9 Å². The Bertz CT molecular complexity index is 1430. The van der Waals surface area contributed by atoms with Gasteiger partial charge in [0, 0.05) is 37.0 Å². The lowest BCUT2D eigenvalue weighted by molar-refractivity contribution is -0.121. The van der Waals surface area contributed by atoms with Gasteiger partial charge in [-0.2, -0.15) is 9.40 Å². The summed E-state index contributed by atoms with van der Waals surface area (Å²) in [6.45, 7) is 7.26. The van der Waals surface area contributed by atoms with Gasteiger partial charge in [-0.1, -0.05) is 68.2 Å². The quantitative estimate of drug-likeness (QED) is 0.241. The van der Waals surface area contributed by atoms with Crippen molar-refractivity contribution in [3.63, 3.8) is 0 Å². The molecule has 0 radical (unpaired) electrons. The molecule has 1 fully saturated rings. The molecule has 37 heavy (non-hydrogen) atoms. The van der Waals surface area contributed by atoms with Gasteiger partial charge in [-0.05, 0) is 50.1 Å². The van der Waals surface area contributed by atoms with Crippen LogP contribution in [0.2, 0.25) is 0 Å². The van der Waals surface area contributed by atoms with Crippen molar-refractivity contribution in [1.29, 1.82) is 0 Å². The highest BCUT2D eigenvalue weighted by molar-refractivity contribution is 8.26. The van der Waals surface area contributed by atoms with Crippen molar-refractivity contribution in [2.45, 2.75) is 38.5 Å². The Kier molecular flexibility index (Phi) is 8.63. The van der Waals surface area contributed by atoms with Crippen LogP contribution >= 0.6 is 24.0 Å². The van der Waals surface area contributed by atoms with Gasteiger partial charge in [-0.25, -0.2) is 13.1 Å². The zero-order chi connectivity index (χ0) is 26.6. The van der Waals surface area contributed by atoms with E-state index in [-0.39, 0.29) is 10.8 Å². The van der Waals surface area contributed by atoms with Gasteiger partial charge < -0.3 is 0 Å². The second kappa shape index (κ2) is 11.7. The molecule has 2 aromatic carbocycles. The summed E-state index contributed by atoms with van der Waals surface area (Å²) in [4.78, 5) is 15.2. The van der Waals surface area contributed by atoms with E-state index < -0.39 is 10.0 Å². The Morgan fingerprint density at radius 1 is 1.03 bits per heavy atom. The first kappa shape index (κ1) is 27.3. The number of nitrogens with zero attached hydrogens (tertiary/aromatic N) is 4. The van der Waals surface area contributed by atoms with E-state index in [0.29, 0.717) is 45.7 Å². The first-order valence-electron chi connectivity index (χ1n) is 12.3. The molecule has 194 valence electrons. The van der Waals surface area contributed by atoms with E-state index >= 15 is 0 Å². The van der Waals surface area contributed by atoms with E-state index in [1.165, 1.54) is 16.1 Å². The van der Waals surface area contributed by atoms with Crippen molar-refractivity contribution in [2.75, 3.05) is 19.6 Å². The third-order valence-electron chi connectivity index (χ3n) is 5.93. The van der Waals surface area contributed by atoms with Crippen LogP contribution in [-0.4, -0.2) is 57.3 Å². The van der Waals surface area contributed by atoms with Crippen LogP contribution in [-0.2, 0) is 14.8 Å². The topological polar surface area (TPSA) is 75.5 Å². The minimum Gasteiger partial charge on any atom is -0.293 e. The lowest BCUT2D eigenvalue weighted by Crippen LogP contribution is -2.32. The smallest absolute Gasteiger partial charge is 0.266 e. The second-order valence-electron chi connectivity index (χ2n) is 8.57. The molecule has 0 saturated carbocycles. The van der Waals surface area contributed by atoms with Crippen LogP contribution in [0.15, 0.2) is 70.6 Å². The predicted molar refractivity (Wildman–Crippen MR) is 154 cm³/mol. The van der Waals surface area contributed by atoms with Gasteiger partial charge in [0.05, 0.1) is 15.5 Å². The van der Waals surface area contributed by atoms with E-state index in [2.05, 4.69) is 0 Å². The lowest BCUT2D eigenvalue weighted by Gasteiger charge is -2.21. The Hall–Kier alpha value is -2.79. The standard InChI is InChI=1S/C27H30N4O3S3/c1-4-15-29(16-5-2)37(33,34)23-14-10-11-20(17-23)25-21(18-24-26(32)30(6-3)27(35)36-24)19-31(28-25)22-12-8-7-9-13-22/h7-14,17-19H,4-6,15-16H2,1-3H3/b24-18-. The number of likely N-dealkylation sites (N-methyl/N-ethyl adjacent to an activating group) is 1. The van der Waals surface area contributed by atoms with Gasteiger partial charge in [0.2, 0.25) is 10.0 Å². The van der Waals surface area contributed by atoms with Crippen molar-refractivity contribution in [3.05, 3.63) is 71.3 Å². The molecular formula is C27H30N4O3S3. The fourth-order valence-corrected chi connectivity index (χ4v) is 7.19. The number of para-hydroxylation sites is 1. The van der Waals surface area contributed by atoms with Crippen LogP contribution in [0, 0.1) is 0 Å². The molecule has 0 aliphatic carbocycles. The van der Waals surface area contributed by atoms with E-state index in [1.807, 2.05) is 63.4 Å². The van der Waals surface area contributed by atoms with Crippen LogP contribution in [0.5, 0.6) is 0 Å². The van der Waals surface area contributed by atoms with Crippen LogP contribution in [0.3, 0.4) is 0 Å². The number of carbonyl (C=O) groups is 1. The minimum atomic E-state index is -3.66. The van der Waals surface area contributed by atoms with Crippen LogP contribution < -0.4 is 0 Å². The van der Waals surface area contributed by atoms with Gasteiger partial charge in [0.25, 0.3) is 5.91 Å². The molecule has 1 aliphatic heterocycles. The second-order valence-corrected chi connectivity index (χ2v) is 12.2. The fourth-order valence-electron chi connectivity index (χ4n) is 4.15. The number of sulfonamides is 1. The van der Waals surface area contributed by atoms with Crippen LogP contribution in [0.25, 0.3) is 23.0 Å². The number of hydrogen-bond donors (Lipinski definition) is 0. The summed E-state index contributed by atoms with van der Waals surface area (Å²) in [7, 11) is -3.66. The number of thioether (sulfide) groups is 1. The first-order chi connectivity index (χ1) is 17.8. The van der Waals surface area contributed by atoms with Crippen molar-refractivity contribution in [1.82, 2.24) is 19.0 Å². The van der Waals surface area contributed by atoms with Gasteiger partial charge in [0.1, 0.15) is 10.0 Å². The highest BCUT2D eigenvalue weighted by Crippen LogP contribution is 2.35. The first-order valence-corrected chi connectivity index (χ1v) is 15.0. The summed E-state index contributed by atoms with van der Waals surface area (Å²) < 4.78 is 30.7. The highest BCUT2D eigenvalue weighted by Gasteiger charge is 2.31. The lowest BCUT2D eigenvalue weighted by atomic mass is 10.1. The van der Waals surface area contributed by atoms with Gasteiger partial charge in [-0.3, -0.25) is 9.69 Å². The number of aromatic nitrogens is 2. The SMILES string of the molecule is CCCN(CCC)S(=O)(=O)c1cccc(-c2nn(-c3ccccc3)cc2/C=C2\SC(=S)N(CC)C2=O)c1. The Labute approximate surface area is 228 Å². The summed E-state index contributed by atoms with van der Waals surface area (Å²) >= 11 is 6.64. The van der Waals surface area contributed by atoms with E-state index in [9.17, 15) is 13.2 Å². The van der Waals surface area contributed by atoms with Gasteiger partial charge >= 0.3 is 0 Å². The average Bonchev–Trinajstić information content (AvgIpc) is 3.44. The molecular weight excluding hydrogens is 525 g/mol. The normalized spacial score (nSPS) is 15.4. The Balaban J connectivity index is 1.82. The summed E-state index contributed by atoms with van der Waals surface area (Å²) in [6, 6.07) is 16.5. The third-order valence-corrected chi connectivity index (χ3v) is 9.20. The van der Waals surface area contributed by atoms with Gasteiger partial charge in [0.15, 0.2) is 0 Å².